The van der Waals surface area contributed by atoms with Crippen LogP contribution >= 0.6 is 11.3 Å². The van der Waals surface area contributed by atoms with E-state index in [1.165, 1.54) is 28.5 Å². The maximum atomic E-state index is 12.5. The summed E-state index contributed by atoms with van der Waals surface area (Å²) in [5.41, 5.74) is 4.03. The normalized spacial score (nSPS) is 12.5. The van der Waals surface area contributed by atoms with Crippen molar-refractivity contribution < 1.29 is 14.7 Å². The molecule has 0 aliphatic heterocycles. The number of hydrogen-bond acceptors (Lipinski definition) is 3. The molecule has 0 spiro atoms. The van der Waals surface area contributed by atoms with E-state index in [1.54, 1.807) is 24.3 Å². The van der Waals surface area contributed by atoms with E-state index in [-0.39, 0.29) is 11.5 Å². The first-order chi connectivity index (χ1) is 12.4. The fourth-order valence-electron chi connectivity index (χ4n) is 2.61. The summed E-state index contributed by atoms with van der Waals surface area (Å²) in [7, 11) is 0. The molecular formula is C21H23NO3S. The summed E-state index contributed by atoms with van der Waals surface area (Å²) in [4.78, 5) is 25.4. The molecule has 136 valence electrons. The highest BCUT2D eigenvalue weighted by molar-refractivity contribution is 7.15. The Hall–Kier alpha value is -2.66. The predicted octanol–water partition coefficient (Wildman–Crippen LogP) is 5.85. The number of amides is 1. The number of carbonyl (C=O) groups is 2. The lowest BCUT2D eigenvalue weighted by molar-refractivity contribution is 0.0698. The van der Waals surface area contributed by atoms with Gasteiger partial charge in [-0.2, -0.15) is 0 Å². The molecule has 0 saturated carbocycles. The van der Waals surface area contributed by atoms with E-state index in [2.05, 4.69) is 32.2 Å². The van der Waals surface area contributed by atoms with Crippen molar-refractivity contribution in [1.82, 2.24) is 0 Å². The van der Waals surface area contributed by atoms with Gasteiger partial charge < -0.3 is 10.4 Å². The number of nitrogens with one attached hydrogen (secondary N) is 1. The van der Waals surface area contributed by atoms with E-state index in [4.69, 9.17) is 0 Å². The maximum Gasteiger partial charge on any atom is 0.337 e. The van der Waals surface area contributed by atoms with Gasteiger partial charge in [0.25, 0.3) is 5.91 Å². The van der Waals surface area contributed by atoms with Crippen LogP contribution in [0, 0.1) is 0 Å². The second-order valence-corrected chi connectivity index (χ2v) is 7.01. The first-order valence-corrected chi connectivity index (χ1v) is 9.27. The van der Waals surface area contributed by atoms with E-state index >= 15 is 0 Å². The molecule has 0 radical (unpaired) electrons. The van der Waals surface area contributed by atoms with Crippen molar-refractivity contribution in [2.45, 2.75) is 34.1 Å². The summed E-state index contributed by atoms with van der Waals surface area (Å²) < 4.78 is 0. The van der Waals surface area contributed by atoms with Crippen LogP contribution in [-0.4, -0.2) is 17.0 Å². The zero-order valence-electron chi connectivity index (χ0n) is 15.4. The van der Waals surface area contributed by atoms with Gasteiger partial charge in [0.05, 0.1) is 16.1 Å². The molecule has 5 heteroatoms. The monoisotopic (exact) mass is 369 g/mol. The molecule has 1 aromatic heterocycles. The van der Waals surface area contributed by atoms with Crippen molar-refractivity contribution in [1.29, 1.82) is 0 Å². The molecule has 2 N–H and O–H groups in total. The number of anilines is 1. The third-order valence-electron chi connectivity index (χ3n) is 4.36. The second kappa shape index (κ2) is 8.63. The molecule has 1 amide bonds. The molecule has 1 heterocycles. The van der Waals surface area contributed by atoms with Gasteiger partial charge in [-0.1, -0.05) is 30.7 Å². The number of benzene rings is 1. The van der Waals surface area contributed by atoms with Crippen LogP contribution in [0.1, 0.15) is 59.0 Å². The minimum absolute atomic E-state index is 0.0733. The maximum absolute atomic E-state index is 12.5. The summed E-state index contributed by atoms with van der Waals surface area (Å²) in [6, 6.07) is 10.1. The van der Waals surface area contributed by atoms with Gasteiger partial charge >= 0.3 is 5.97 Å². The average Bonchev–Trinajstić information content (AvgIpc) is 3.11. The van der Waals surface area contributed by atoms with Crippen molar-refractivity contribution in [3.8, 4) is 0 Å². The van der Waals surface area contributed by atoms with Crippen LogP contribution in [0.15, 0.2) is 53.6 Å². The largest absolute Gasteiger partial charge is 0.478 e. The summed E-state index contributed by atoms with van der Waals surface area (Å²) in [6.07, 6.45) is 3.04. The van der Waals surface area contributed by atoms with Gasteiger partial charge in [0.15, 0.2) is 0 Å². The van der Waals surface area contributed by atoms with E-state index in [9.17, 15) is 14.7 Å². The lowest BCUT2D eigenvalue weighted by atomic mass is 9.99. The SMILES string of the molecule is C/C=C(\C(C)=C(/C)CC)c1ccc(C(=O)Nc2ccccc2C(=O)O)s1. The zero-order chi connectivity index (χ0) is 19.3. The van der Waals surface area contributed by atoms with Crippen LogP contribution < -0.4 is 5.32 Å². The summed E-state index contributed by atoms with van der Waals surface area (Å²) >= 11 is 1.40. The minimum Gasteiger partial charge on any atom is -0.478 e. The molecule has 0 aliphatic rings. The summed E-state index contributed by atoms with van der Waals surface area (Å²) in [5, 5.41) is 11.9. The van der Waals surface area contributed by atoms with Gasteiger partial charge in [0, 0.05) is 4.88 Å². The second-order valence-electron chi connectivity index (χ2n) is 5.93. The lowest BCUT2D eigenvalue weighted by Gasteiger charge is -2.09. The number of thiophene rings is 1. The molecule has 0 fully saturated rings. The molecule has 0 saturated heterocycles. The molecule has 1 aromatic carbocycles. The molecule has 26 heavy (non-hydrogen) atoms. The Labute approximate surface area is 157 Å². The topological polar surface area (TPSA) is 66.4 Å². The Morgan fingerprint density at radius 1 is 1.12 bits per heavy atom. The number of aromatic carboxylic acids is 1. The number of rotatable bonds is 6. The molecule has 0 unspecified atom stereocenters. The molecular weight excluding hydrogens is 346 g/mol. The summed E-state index contributed by atoms with van der Waals surface area (Å²) in [6.45, 7) is 8.32. The van der Waals surface area contributed by atoms with Crippen LogP contribution in [0.3, 0.4) is 0 Å². The molecule has 4 nitrogen and oxygen atoms in total. The van der Waals surface area contributed by atoms with Crippen molar-refractivity contribution in [3.63, 3.8) is 0 Å². The molecule has 2 aromatic rings. The van der Waals surface area contributed by atoms with Crippen LogP contribution in [0.5, 0.6) is 0 Å². The van der Waals surface area contributed by atoms with Gasteiger partial charge in [-0.05, 0) is 62.6 Å². The van der Waals surface area contributed by atoms with Gasteiger partial charge in [-0.15, -0.1) is 11.3 Å². The van der Waals surface area contributed by atoms with E-state index < -0.39 is 5.97 Å². The Morgan fingerprint density at radius 2 is 1.77 bits per heavy atom. The van der Waals surface area contributed by atoms with E-state index in [0.717, 1.165) is 16.9 Å². The number of hydrogen-bond donors (Lipinski definition) is 2. The predicted molar refractivity (Wildman–Crippen MR) is 108 cm³/mol. The number of carboxylic acids is 1. The highest BCUT2D eigenvalue weighted by Crippen LogP contribution is 2.32. The highest BCUT2D eigenvalue weighted by atomic mass is 32.1. The number of carboxylic acid groups (broad SMARTS) is 1. The number of allylic oxidation sites excluding steroid dienone is 4. The third-order valence-corrected chi connectivity index (χ3v) is 5.48. The fourth-order valence-corrected chi connectivity index (χ4v) is 3.64. The third kappa shape index (κ3) is 4.29. The van der Waals surface area contributed by atoms with E-state index in [1.807, 2.05) is 13.0 Å². The van der Waals surface area contributed by atoms with Crippen molar-refractivity contribution in [2.75, 3.05) is 5.32 Å². The van der Waals surface area contributed by atoms with Gasteiger partial charge in [0.1, 0.15) is 0 Å². The van der Waals surface area contributed by atoms with Crippen LogP contribution in [0.25, 0.3) is 5.57 Å². The molecule has 0 aliphatic carbocycles. The first kappa shape index (κ1) is 19.7. The number of carbonyl (C=O) groups excluding carboxylic acids is 1. The van der Waals surface area contributed by atoms with Crippen molar-refractivity contribution in [2.24, 2.45) is 0 Å². The van der Waals surface area contributed by atoms with Crippen molar-refractivity contribution >= 4 is 34.5 Å². The lowest BCUT2D eigenvalue weighted by Crippen LogP contribution is -2.13. The Morgan fingerprint density at radius 3 is 2.38 bits per heavy atom. The fraction of sp³-hybridized carbons (Fsp3) is 0.238. The Bertz CT molecular complexity index is 890. The average molecular weight is 369 g/mol. The van der Waals surface area contributed by atoms with E-state index in [0.29, 0.717) is 10.6 Å². The smallest absolute Gasteiger partial charge is 0.337 e. The van der Waals surface area contributed by atoms with Crippen LogP contribution in [-0.2, 0) is 0 Å². The summed E-state index contributed by atoms with van der Waals surface area (Å²) in [5.74, 6) is -1.38. The van der Waals surface area contributed by atoms with Crippen LogP contribution in [0.4, 0.5) is 5.69 Å². The standard InChI is InChI=1S/C21H23NO3S/c1-5-13(3)14(4)15(6-2)18-11-12-19(26-18)20(23)22-17-10-8-7-9-16(17)21(24)25/h6-12H,5H2,1-4H3,(H,22,23)(H,24,25)/b14-13+,15-6+. The van der Waals surface area contributed by atoms with Crippen LogP contribution in [0.2, 0.25) is 0 Å². The van der Waals surface area contributed by atoms with Gasteiger partial charge in [0.2, 0.25) is 0 Å². The highest BCUT2D eigenvalue weighted by Gasteiger charge is 2.16. The Kier molecular flexibility index (Phi) is 6.52. The molecule has 0 atom stereocenters. The molecule has 0 bridgehead atoms. The quantitative estimate of drug-likeness (QED) is 0.628. The van der Waals surface area contributed by atoms with Gasteiger partial charge in [-0.3, -0.25) is 4.79 Å². The molecule has 2 rings (SSSR count). The zero-order valence-corrected chi connectivity index (χ0v) is 16.2. The number of para-hydroxylation sites is 1. The van der Waals surface area contributed by atoms with Gasteiger partial charge in [-0.25, -0.2) is 4.79 Å². The minimum atomic E-state index is -1.07. The first-order valence-electron chi connectivity index (χ1n) is 8.45. The van der Waals surface area contributed by atoms with Crippen molar-refractivity contribution in [3.05, 3.63) is 68.9 Å². The Balaban J connectivity index is 2.27.